The highest BCUT2D eigenvalue weighted by atomic mass is 16.5. The number of para-hydroxylation sites is 1. The van der Waals surface area contributed by atoms with Crippen molar-refractivity contribution in [2.24, 2.45) is 0 Å². The number of imide groups is 1. The highest BCUT2D eigenvalue weighted by Gasteiger charge is 2.23. The minimum absolute atomic E-state index is 0.247. The zero-order chi connectivity index (χ0) is 14.7. The maximum absolute atomic E-state index is 11.6. The largest absolute Gasteiger partial charge is 0.457 e. The Morgan fingerprint density at radius 1 is 0.810 bits per heavy atom. The van der Waals surface area contributed by atoms with E-state index in [0.717, 1.165) is 11.3 Å². The Hall–Kier alpha value is -2.88. The van der Waals surface area contributed by atoms with E-state index in [1.807, 2.05) is 54.6 Å². The van der Waals surface area contributed by atoms with Gasteiger partial charge in [0, 0.05) is 12.2 Å². The van der Waals surface area contributed by atoms with Gasteiger partial charge in [-0.25, -0.2) is 0 Å². The van der Waals surface area contributed by atoms with E-state index in [0.29, 0.717) is 5.75 Å². The van der Waals surface area contributed by atoms with Crippen LogP contribution in [-0.4, -0.2) is 16.7 Å². The highest BCUT2D eigenvalue weighted by Crippen LogP contribution is 2.22. The van der Waals surface area contributed by atoms with Crippen molar-refractivity contribution >= 4 is 11.8 Å². The average molecular weight is 279 g/mol. The van der Waals surface area contributed by atoms with Gasteiger partial charge in [0.25, 0.3) is 11.8 Å². The molecule has 1 aliphatic rings. The van der Waals surface area contributed by atoms with E-state index in [1.165, 1.54) is 17.1 Å². The van der Waals surface area contributed by atoms with Gasteiger partial charge in [-0.2, -0.15) is 0 Å². The van der Waals surface area contributed by atoms with E-state index in [4.69, 9.17) is 4.74 Å². The van der Waals surface area contributed by atoms with Crippen molar-refractivity contribution in [3.8, 4) is 11.5 Å². The van der Waals surface area contributed by atoms with E-state index >= 15 is 0 Å². The fourth-order valence-corrected chi connectivity index (χ4v) is 2.10. The Morgan fingerprint density at radius 3 is 2.19 bits per heavy atom. The molecule has 0 aliphatic carbocycles. The Balaban J connectivity index is 1.74. The molecule has 2 amide bonds. The lowest BCUT2D eigenvalue weighted by molar-refractivity contribution is -0.137. The zero-order valence-electron chi connectivity index (χ0n) is 11.2. The summed E-state index contributed by atoms with van der Waals surface area (Å²) in [6.07, 6.45) is 2.57. The van der Waals surface area contributed by atoms with Crippen molar-refractivity contribution in [3.05, 3.63) is 72.3 Å². The number of hydrogen-bond donors (Lipinski definition) is 0. The summed E-state index contributed by atoms with van der Waals surface area (Å²) in [5, 5.41) is 0. The van der Waals surface area contributed by atoms with Crippen LogP contribution in [0.5, 0.6) is 11.5 Å². The number of benzene rings is 2. The molecular weight excluding hydrogens is 266 g/mol. The standard InChI is InChI=1S/C17H13NO3/c19-16-9-10-17(20)18(16)12-13-5-4-8-15(11-13)21-14-6-2-1-3-7-14/h1-11H,12H2. The molecule has 0 fully saturated rings. The van der Waals surface area contributed by atoms with Gasteiger partial charge in [-0.3, -0.25) is 14.5 Å². The number of carbonyl (C=O) groups excluding carboxylic acids is 2. The zero-order valence-corrected chi connectivity index (χ0v) is 11.2. The van der Waals surface area contributed by atoms with Crippen molar-refractivity contribution in [2.45, 2.75) is 6.54 Å². The monoisotopic (exact) mass is 279 g/mol. The quantitative estimate of drug-likeness (QED) is 0.808. The van der Waals surface area contributed by atoms with Gasteiger partial charge in [-0.05, 0) is 29.8 Å². The topological polar surface area (TPSA) is 46.6 Å². The van der Waals surface area contributed by atoms with E-state index in [-0.39, 0.29) is 18.4 Å². The molecule has 0 radical (unpaired) electrons. The number of carbonyl (C=O) groups is 2. The maximum atomic E-state index is 11.6. The number of amides is 2. The van der Waals surface area contributed by atoms with Crippen molar-refractivity contribution in [1.29, 1.82) is 0 Å². The molecule has 2 aromatic rings. The number of nitrogens with zero attached hydrogens (tertiary/aromatic N) is 1. The number of hydrogen-bond acceptors (Lipinski definition) is 3. The van der Waals surface area contributed by atoms with E-state index < -0.39 is 0 Å². The Bertz CT molecular complexity index is 689. The normalized spacial score (nSPS) is 13.8. The summed E-state index contributed by atoms with van der Waals surface area (Å²) in [7, 11) is 0. The molecule has 1 heterocycles. The van der Waals surface area contributed by atoms with Gasteiger partial charge in [-0.1, -0.05) is 30.3 Å². The molecule has 4 heteroatoms. The van der Waals surface area contributed by atoms with Crippen LogP contribution in [-0.2, 0) is 16.1 Å². The molecule has 104 valence electrons. The summed E-state index contributed by atoms with van der Waals surface area (Å²) in [5.41, 5.74) is 0.842. The molecule has 0 atom stereocenters. The summed E-state index contributed by atoms with van der Waals surface area (Å²) in [6.45, 7) is 0.247. The Labute approximate surface area is 122 Å². The molecule has 4 nitrogen and oxygen atoms in total. The van der Waals surface area contributed by atoms with Gasteiger partial charge < -0.3 is 4.74 Å². The molecule has 0 bridgehead atoms. The van der Waals surface area contributed by atoms with Crippen LogP contribution in [0.3, 0.4) is 0 Å². The van der Waals surface area contributed by atoms with Crippen molar-refractivity contribution < 1.29 is 14.3 Å². The third-order valence-corrected chi connectivity index (χ3v) is 3.12. The van der Waals surface area contributed by atoms with Crippen LogP contribution in [0.25, 0.3) is 0 Å². The van der Waals surface area contributed by atoms with Gasteiger partial charge in [0.1, 0.15) is 11.5 Å². The highest BCUT2D eigenvalue weighted by molar-refractivity contribution is 6.12. The lowest BCUT2D eigenvalue weighted by Crippen LogP contribution is -2.29. The van der Waals surface area contributed by atoms with Gasteiger partial charge in [0.15, 0.2) is 0 Å². The first-order valence-electron chi connectivity index (χ1n) is 6.58. The molecule has 1 aliphatic heterocycles. The first-order valence-corrected chi connectivity index (χ1v) is 6.58. The van der Waals surface area contributed by atoms with Crippen LogP contribution in [0.15, 0.2) is 66.7 Å². The van der Waals surface area contributed by atoms with Gasteiger partial charge in [0.2, 0.25) is 0 Å². The minimum Gasteiger partial charge on any atom is -0.457 e. The van der Waals surface area contributed by atoms with Crippen LogP contribution in [0.1, 0.15) is 5.56 Å². The summed E-state index contributed by atoms with van der Waals surface area (Å²) >= 11 is 0. The molecule has 3 rings (SSSR count). The summed E-state index contributed by atoms with van der Waals surface area (Å²) in [4.78, 5) is 24.3. The van der Waals surface area contributed by atoms with Crippen molar-refractivity contribution in [2.75, 3.05) is 0 Å². The fraction of sp³-hybridized carbons (Fsp3) is 0.0588. The second-order valence-corrected chi connectivity index (χ2v) is 4.66. The third-order valence-electron chi connectivity index (χ3n) is 3.12. The summed E-state index contributed by atoms with van der Waals surface area (Å²) < 4.78 is 5.73. The third kappa shape index (κ3) is 3.00. The molecule has 0 aromatic heterocycles. The first-order chi connectivity index (χ1) is 10.2. The predicted molar refractivity (Wildman–Crippen MR) is 77.7 cm³/mol. The van der Waals surface area contributed by atoms with E-state index in [2.05, 4.69) is 0 Å². The molecule has 0 unspecified atom stereocenters. The maximum Gasteiger partial charge on any atom is 0.253 e. The van der Waals surface area contributed by atoms with E-state index in [1.54, 1.807) is 0 Å². The van der Waals surface area contributed by atoms with Crippen LogP contribution in [0.4, 0.5) is 0 Å². The summed E-state index contributed by atoms with van der Waals surface area (Å²) in [5.74, 6) is 0.846. The molecular formula is C17H13NO3. The van der Waals surface area contributed by atoms with Crippen LogP contribution < -0.4 is 4.74 Å². The molecule has 21 heavy (non-hydrogen) atoms. The van der Waals surface area contributed by atoms with Crippen molar-refractivity contribution in [3.63, 3.8) is 0 Å². The van der Waals surface area contributed by atoms with Crippen LogP contribution >= 0.6 is 0 Å². The lowest BCUT2D eigenvalue weighted by atomic mass is 10.2. The van der Waals surface area contributed by atoms with Crippen LogP contribution in [0.2, 0.25) is 0 Å². The summed E-state index contributed by atoms with van der Waals surface area (Å²) in [6, 6.07) is 16.8. The smallest absolute Gasteiger partial charge is 0.253 e. The molecule has 2 aromatic carbocycles. The predicted octanol–water partition coefficient (Wildman–Crippen LogP) is 2.90. The van der Waals surface area contributed by atoms with Crippen molar-refractivity contribution in [1.82, 2.24) is 4.90 Å². The SMILES string of the molecule is O=C1C=CC(=O)N1Cc1cccc(Oc2ccccc2)c1. The average Bonchev–Trinajstić information content (AvgIpc) is 2.81. The van der Waals surface area contributed by atoms with E-state index in [9.17, 15) is 9.59 Å². The Morgan fingerprint density at radius 2 is 1.48 bits per heavy atom. The van der Waals surface area contributed by atoms with Crippen LogP contribution in [0, 0.1) is 0 Å². The fourth-order valence-electron chi connectivity index (χ4n) is 2.10. The second-order valence-electron chi connectivity index (χ2n) is 4.66. The molecule has 0 spiro atoms. The second kappa shape index (κ2) is 5.63. The Kier molecular flexibility index (Phi) is 3.51. The lowest BCUT2D eigenvalue weighted by Gasteiger charge is -2.14. The van der Waals surface area contributed by atoms with Gasteiger partial charge >= 0.3 is 0 Å². The molecule has 0 N–H and O–H groups in total. The van der Waals surface area contributed by atoms with Gasteiger partial charge in [0.05, 0.1) is 6.54 Å². The van der Waals surface area contributed by atoms with Gasteiger partial charge in [-0.15, -0.1) is 0 Å². The molecule has 0 saturated carbocycles. The molecule has 0 saturated heterocycles. The number of rotatable bonds is 4. The minimum atomic E-state index is -0.283. The number of ether oxygens (including phenoxy) is 1. The first kappa shape index (κ1) is 13.1.